The van der Waals surface area contributed by atoms with Crippen LogP contribution in [-0.4, -0.2) is 12.4 Å². The van der Waals surface area contributed by atoms with Crippen LogP contribution in [0, 0.1) is 11.8 Å². The number of hydrogen-bond donors (Lipinski definition) is 0. The average Bonchev–Trinajstić information content (AvgIpc) is 2.46. The zero-order valence-corrected chi connectivity index (χ0v) is 11.9. The van der Waals surface area contributed by atoms with Crippen LogP contribution in [0.3, 0.4) is 0 Å². The van der Waals surface area contributed by atoms with E-state index in [9.17, 15) is 18.0 Å². The van der Waals surface area contributed by atoms with Crippen LogP contribution in [-0.2, 0) is 11.0 Å². The molecule has 0 amide bonds. The van der Waals surface area contributed by atoms with Crippen LogP contribution in [0.15, 0.2) is 24.3 Å². The summed E-state index contributed by atoms with van der Waals surface area (Å²) in [6.07, 6.45) is -0.0872. The first-order valence-electron chi connectivity index (χ1n) is 7.19. The summed E-state index contributed by atoms with van der Waals surface area (Å²) in [7, 11) is 0. The van der Waals surface area contributed by atoms with Gasteiger partial charge in [0.15, 0.2) is 0 Å². The second-order valence-electron chi connectivity index (χ2n) is 5.69. The molecule has 0 bridgehead atoms. The molecule has 5 heteroatoms. The summed E-state index contributed by atoms with van der Waals surface area (Å²) in [5.41, 5.74) is -0.700. The van der Waals surface area contributed by atoms with Gasteiger partial charge in [0, 0.05) is 5.92 Å². The van der Waals surface area contributed by atoms with E-state index in [1.807, 2.05) is 6.92 Å². The molecule has 0 aliphatic heterocycles. The van der Waals surface area contributed by atoms with E-state index in [0.29, 0.717) is 0 Å². The molecule has 1 fully saturated rings. The maximum Gasteiger partial charge on any atom is 0.416 e. The molecule has 0 aromatic heterocycles. The van der Waals surface area contributed by atoms with Crippen molar-refractivity contribution in [3.63, 3.8) is 0 Å². The molecular weight excluding hydrogens is 281 g/mol. The minimum Gasteiger partial charge on any atom is -0.490 e. The van der Waals surface area contributed by atoms with Crippen molar-refractivity contribution in [1.29, 1.82) is 0 Å². The molecule has 116 valence electrons. The second-order valence-corrected chi connectivity index (χ2v) is 5.69. The molecule has 1 aliphatic carbocycles. The van der Waals surface area contributed by atoms with E-state index in [1.54, 1.807) is 6.07 Å². The predicted octanol–water partition coefficient (Wildman–Crippen LogP) is 4.48. The summed E-state index contributed by atoms with van der Waals surface area (Å²) in [4.78, 5) is 10.9. The van der Waals surface area contributed by atoms with Crippen molar-refractivity contribution in [2.75, 3.05) is 0 Å². The summed E-state index contributed by atoms with van der Waals surface area (Å²) in [6.45, 7) is 1.88. The van der Waals surface area contributed by atoms with Crippen molar-refractivity contribution in [3.8, 4) is 5.75 Å². The summed E-state index contributed by atoms with van der Waals surface area (Å²) < 4.78 is 43.7. The fourth-order valence-electron chi connectivity index (χ4n) is 2.81. The van der Waals surface area contributed by atoms with E-state index in [1.165, 1.54) is 6.07 Å². The summed E-state index contributed by atoms with van der Waals surface area (Å²) in [5.74, 6) is 0.471. The van der Waals surface area contributed by atoms with Crippen molar-refractivity contribution < 1.29 is 22.7 Å². The van der Waals surface area contributed by atoms with E-state index >= 15 is 0 Å². The van der Waals surface area contributed by atoms with Crippen LogP contribution in [0.25, 0.3) is 0 Å². The first-order valence-corrected chi connectivity index (χ1v) is 7.19. The summed E-state index contributed by atoms with van der Waals surface area (Å²) in [5, 5.41) is 0. The molecule has 0 saturated heterocycles. The van der Waals surface area contributed by atoms with Crippen molar-refractivity contribution in [1.82, 2.24) is 0 Å². The number of carbonyl (C=O) groups excluding carboxylic acids is 1. The molecule has 1 aliphatic rings. The van der Waals surface area contributed by atoms with Crippen molar-refractivity contribution >= 4 is 6.29 Å². The van der Waals surface area contributed by atoms with Crippen LogP contribution < -0.4 is 4.74 Å². The third-order valence-electron chi connectivity index (χ3n) is 4.09. The Kier molecular flexibility index (Phi) is 4.91. The second kappa shape index (κ2) is 6.50. The van der Waals surface area contributed by atoms with Gasteiger partial charge in [-0.05, 0) is 49.8 Å². The number of halogens is 3. The number of hydrogen-bond acceptors (Lipinski definition) is 2. The van der Waals surface area contributed by atoms with E-state index in [2.05, 4.69) is 0 Å². The molecule has 1 aromatic rings. The number of aldehydes is 1. The van der Waals surface area contributed by atoms with Gasteiger partial charge in [-0.15, -0.1) is 0 Å². The number of alkyl halides is 3. The molecule has 0 N–H and O–H groups in total. The fourth-order valence-corrected chi connectivity index (χ4v) is 2.81. The Morgan fingerprint density at radius 3 is 2.76 bits per heavy atom. The molecule has 2 rings (SSSR count). The van der Waals surface area contributed by atoms with Crippen LogP contribution in [0.5, 0.6) is 5.75 Å². The van der Waals surface area contributed by atoms with Crippen LogP contribution in [0.2, 0.25) is 0 Å². The normalized spacial score (nSPS) is 24.4. The SMILES string of the molecule is CC(C=O)[C@@H]1CCC[C@H](Oc2cccc(C(F)(F)F)c2)C1. The molecular formula is C16H19F3O2. The highest BCUT2D eigenvalue weighted by Gasteiger charge is 2.31. The monoisotopic (exact) mass is 300 g/mol. The topological polar surface area (TPSA) is 26.3 Å². The molecule has 1 aromatic carbocycles. The minimum atomic E-state index is -4.36. The minimum absolute atomic E-state index is 0.0297. The Hall–Kier alpha value is -1.52. The highest BCUT2D eigenvalue weighted by atomic mass is 19.4. The highest BCUT2D eigenvalue weighted by molar-refractivity contribution is 5.53. The summed E-state index contributed by atoms with van der Waals surface area (Å²) in [6, 6.07) is 4.96. The van der Waals surface area contributed by atoms with E-state index < -0.39 is 11.7 Å². The molecule has 0 heterocycles. The number of ether oxygens (including phenoxy) is 1. The largest absolute Gasteiger partial charge is 0.490 e. The van der Waals surface area contributed by atoms with Gasteiger partial charge in [0.25, 0.3) is 0 Å². The van der Waals surface area contributed by atoms with Crippen LogP contribution >= 0.6 is 0 Å². The van der Waals surface area contributed by atoms with Gasteiger partial charge < -0.3 is 9.53 Å². The van der Waals surface area contributed by atoms with E-state index in [0.717, 1.165) is 44.1 Å². The lowest BCUT2D eigenvalue weighted by atomic mass is 9.80. The molecule has 0 radical (unpaired) electrons. The number of benzene rings is 1. The number of rotatable bonds is 4. The maximum atomic E-state index is 12.7. The maximum absolute atomic E-state index is 12.7. The van der Waals surface area contributed by atoms with Crippen molar-refractivity contribution in [2.45, 2.75) is 44.9 Å². The Balaban J connectivity index is 2.03. The van der Waals surface area contributed by atoms with E-state index in [-0.39, 0.29) is 23.7 Å². The van der Waals surface area contributed by atoms with Gasteiger partial charge in [-0.1, -0.05) is 13.0 Å². The van der Waals surface area contributed by atoms with E-state index in [4.69, 9.17) is 4.74 Å². The molecule has 21 heavy (non-hydrogen) atoms. The van der Waals surface area contributed by atoms with Crippen LogP contribution in [0.4, 0.5) is 13.2 Å². The van der Waals surface area contributed by atoms with Gasteiger partial charge in [-0.3, -0.25) is 0 Å². The Morgan fingerprint density at radius 1 is 1.33 bits per heavy atom. The van der Waals surface area contributed by atoms with Gasteiger partial charge in [0.05, 0.1) is 11.7 Å². The molecule has 3 atom stereocenters. The molecule has 1 saturated carbocycles. The highest BCUT2D eigenvalue weighted by Crippen LogP contribution is 2.34. The Labute approximate surface area is 122 Å². The quantitative estimate of drug-likeness (QED) is 0.766. The number of carbonyl (C=O) groups is 1. The average molecular weight is 300 g/mol. The van der Waals surface area contributed by atoms with Crippen molar-refractivity contribution in [3.05, 3.63) is 29.8 Å². The lowest BCUT2D eigenvalue weighted by molar-refractivity contribution is -0.137. The molecule has 1 unspecified atom stereocenters. The zero-order valence-electron chi connectivity index (χ0n) is 11.9. The third kappa shape index (κ3) is 4.22. The zero-order chi connectivity index (χ0) is 15.5. The van der Waals surface area contributed by atoms with Gasteiger partial charge in [-0.2, -0.15) is 13.2 Å². The molecule has 0 spiro atoms. The fraction of sp³-hybridized carbons (Fsp3) is 0.562. The lowest BCUT2D eigenvalue weighted by Gasteiger charge is -2.31. The van der Waals surface area contributed by atoms with Gasteiger partial charge >= 0.3 is 6.18 Å². The van der Waals surface area contributed by atoms with Crippen molar-refractivity contribution in [2.24, 2.45) is 11.8 Å². The first kappa shape index (κ1) is 15.9. The Bertz CT molecular complexity index is 485. The van der Waals surface area contributed by atoms with Crippen LogP contribution in [0.1, 0.15) is 38.2 Å². The smallest absolute Gasteiger partial charge is 0.416 e. The van der Waals surface area contributed by atoms with Gasteiger partial charge in [0.1, 0.15) is 12.0 Å². The molecule has 2 nitrogen and oxygen atoms in total. The Morgan fingerprint density at radius 2 is 2.10 bits per heavy atom. The van der Waals surface area contributed by atoms with Gasteiger partial charge in [0.2, 0.25) is 0 Å². The predicted molar refractivity (Wildman–Crippen MR) is 73.0 cm³/mol. The lowest BCUT2D eigenvalue weighted by Crippen LogP contribution is -2.29. The standard InChI is InChI=1S/C16H19F3O2/c1-11(10-20)12-4-2-6-14(8-12)21-15-7-3-5-13(9-15)16(17,18)19/h3,5,7,9-12,14H,2,4,6,8H2,1H3/t11?,12-,14+/m1/s1. The third-order valence-corrected chi connectivity index (χ3v) is 4.09. The first-order chi connectivity index (χ1) is 9.90. The summed E-state index contributed by atoms with van der Waals surface area (Å²) >= 11 is 0. The van der Waals surface area contributed by atoms with Gasteiger partial charge in [-0.25, -0.2) is 0 Å².